The van der Waals surface area contributed by atoms with Gasteiger partial charge in [0, 0.05) is 6.07 Å². The Bertz CT molecular complexity index is 364. The van der Waals surface area contributed by atoms with Gasteiger partial charge in [-0.15, -0.1) is 0 Å². The van der Waals surface area contributed by atoms with Crippen LogP contribution in [0.5, 0.6) is 0 Å². The fraction of sp³-hybridized carbons (Fsp3) is 0.250. The standard InChI is InChI=1S/C8H7ClF4N2/c9-4-1-7(6(14)2-5(4)10)15-3-8(11,12)13/h1-2,15H,3,14H2. The fourth-order valence-electron chi connectivity index (χ4n) is 0.911. The molecule has 1 aromatic rings. The molecule has 0 radical (unpaired) electrons. The molecule has 0 aromatic heterocycles. The lowest BCUT2D eigenvalue weighted by molar-refractivity contribution is -0.115. The van der Waals surface area contributed by atoms with E-state index in [1.54, 1.807) is 0 Å². The van der Waals surface area contributed by atoms with Crippen molar-refractivity contribution >= 4 is 23.0 Å². The Morgan fingerprint density at radius 2 is 1.93 bits per heavy atom. The summed E-state index contributed by atoms with van der Waals surface area (Å²) < 4.78 is 48.3. The number of hydrogen-bond donors (Lipinski definition) is 2. The third-order valence-electron chi connectivity index (χ3n) is 1.57. The summed E-state index contributed by atoms with van der Waals surface area (Å²) in [6, 6.07) is 1.87. The molecule has 7 heteroatoms. The molecule has 3 N–H and O–H groups in total. The van der Waals surface area contributed by atoms with E-state index in [1.165, 1.54) is 0 Å². The van der Waals surface area contributed by atoms with Crippen LogP contribution >= 0.6 is 11.6 Å². The topological polar surface area (TPSA) is 38.0 Å². The van der Waals surface area contributed by atoms with E-state index >= 15 is 0 Å². The van der Waals surface area contributed by atoms with Gasteiger partial charge in [-0.25, -0.2) is 4.39 Å². The summed E-state index contributed by atoms with van der Waals surface area (Å²) in [6.45, 7) is -1.25. The van der Waals surface area contributed by atoms with Gasteiger partial charge in [-0.3, -0.25) is 0 Å². The van der Waals surface area contributed by atoms with Crippen molar-refractivity contribution in [1.29, 1.82) is 0 Å². The molecule has 1 aromatic carbocycles. The monoisotopic (exact) mass is 242 g/mol. The molecule has 0 saturated heterocycles. The Labute approximate surface area is 88.0 Å². The molecule has 0 aliphatic rings. The maximum atomic E-state index is 12.8. The van der Waals surface area contributed by atoms with Crippen LogP contribution in [-0.2, 0) is 0 Å². The smallest absolute Gasteiger partial charge is 0.397 e. The molecule has 84 valence electrons. The largest absolute Gasteiger partial charge is 0.405 e. The molecule has 0 bridgehead atoms. The highest BCUT2D eigenvalue weighted by Crippen LogP contribution is 2.27. The minimum absolute atomic E-state index is 0.0428. The van der Waals surface area contributed by atoms with Crippen molar-refractivity contribution in [1.82, 2.24) is 0 Å². The normalized spacial score (nSPS) is 11.5. The molecule has 0 aliphatic heterocycles. The van der Waals surface area contributed by atoms with Crippen molar-refractivity contribution in [3.05, 3.63) is 23.0 Å². The molecule has 0 saturated carbocycles. The van der Waals surface area contributed by atoms with E-state index in [-0.39, 0.29) is 16.4 Å². The molecule has 0 unspecified atom stereocenters. The highest BCUT2D eigenvalue weighted by Gasteiger charge is 2.27. The van der Waals surface area contributed by atoms with Gasteiger partial charge in [0.2, 0.25) is 0 Å². The van der Waals surface area contributed by atoms with Crippen LogP contribution in [0.1, 0.15) is 0 Å². The van der Waals surface area contributed by atoms with E-state index in [0.717, 1.165) is 12.1 Å². The van der Waals surface area contributed by atoms with Gasteiger partial charge >= 0.3 is 6.18 Å². The first-order chi connectivity index (χ1) is 6.79. The number of alkyl halides is 3. The molecule has 0 amide bonds. The minimum Gasteiger partial charge on any atom is -0.397 e. The molecule has 15 heavy (non-hydrogen) atoms. The van der Waals surface area contributed by atoms with E-state index in [9.17, 15) is 17.6 Å². The summed E-state index contributed by atoms with van der Waals surface area (Å²) >= 11 is 5.38. The SMILES string of the molecule is Nc1cc(F)c(Cl)cc1NCC(F)(F)F. The first-order valence-electron chi connectivity index (χ1n) is 3.85. The second-order valence-electron chi connectivity index (χ2n) is 2.82. The first-order valence-corrected chi connectivity index (χ1v) is 4.22. The lowest BCUT2D eigenvalue weighted by Crippen LogP contribution is -2.21. The van der Waals surface area contributed by atoms with Gasteiger partial charge in [-0.05, 0) is 6.07 Å². The predicted octanol–water partition coefficient (Wildman–Crippen LogP) is 3.04. The van der Waals surface area contributed by atoms with Gasteiger partial charge in [0.05, 0.1) is 16.4 Å². The minimum atomic E-state index is -4.37. The third kappa shape index (κ3) is 3.47. The van der Waals surface area contributed by atoms with Crippen LogP contribution in [0.2, 0.25) is 5.02 Å². The van der Waals surface area contributed by atoms with Crippen LogP contribution in [0.4, 0.5) is 28.9 Å². The van der Waals surface area contributed by atoms with Crippen LogP contribution in [0.3, 0.4) is 0 Å². The zero-order chi connectivity index (χ0) is 11.6. The lowest BCUT2D eigenvalue weighted by atomic mass is 10.2. The summed E-state index contributed by atoms with van der Waals surface area (Å²) in [5, 5.41) is 1.74. The van der Waals surface area contributed by atoms with E-state index in [2.05, 4.69) is 0 Å². The van der Waals surface area contributed by atoms with Gasteiger partial charge in [0.1, 0.15) is 12.4 Å². The average Bonchev–Trinajstić information content (AvgIpc) is 2.07. The maximum absolute atomic E-state index is 12.8. The van der Waals surface area contributed by atoms with E-state index in [0.29, 0.717) is 0 Å². The molecule has 2 nitrogen and oxygen atoms in total. The average molecular weight is 243 g/mol. The van der Waals surface area contributed by atoms with Crippen molar-refractivity contribution in [2.45, 2.75) is 6.18 Å². The molecular weight excluding hydrogens is 236 g/mol. The van der Waals surface area contributed by atoms with Crippen molar-refractivity contribution < 1.29 is 17.6 Å². The van der Waals surface area contributed by atoms with Crippen molar-refractivity contribution in [3.63, 3.8) is 0 Å². The Morgan fingerprint density at radius 1 is 1.33 bits per heavy atom. The second kappa shape index (κ2) is 4.14. The summed E-state index contributed by atoms with van der Waals surface area (Å²) in [5.41, 5.74) is 5.12. The number of halogens is 5. The summed E-state index contributed by atoms with van der Waals surface area (Å²) in [4.78, 5) is 0. The van der Waals surface area contributed by atoms with Gasteiger partial charge in [0.25, 0.3) is 0 Å². The second-order valence-corrected chi connectivity index (χ2v) is 3.23. The number of nitrogens with two attached hydrogens (primary N) is 1. The number of anilines is 2. The number of nitrogen functional groups attached to an aromatic ring is 1. The van der Waals surface area contributed by atoms with Crippen LogP contribution in [0.25, 0.3) is 0 Å². The Hall–Kier alpha value is -1.17. The molecule has 1 rings (SSSR count). The van der Waals surface area contributed by atoms with Gasteiger partial charge in [0.15, 0.2) is 0 Å². The number of hydrogen-bond acceptors (Lipinski definition) is 2. The van der Waals surface area contributed by atoms with Crippen LogP contribution in [0.15, 0.2) is 12.1 Å². The van der Waals surface area contributed by atoms with Gasteiger partial charge in [-0.2, -0.15) is 13.2 Å². The van der Waals surface area contributed by atoms with E-state index in [4.69, 9.17) is 17.3 Å². The maximum Gasteiger partial charge on any atom is 0.405 e. The Morgan fingerprint density at radius 3 is 2.47 bits per heavy atom. The van der Waals surface area contributed by atoms with Crippen LogP contribution in [-0.4, -0.2) is 12.7 Å². The Kier molecular flexibility index (Phi) is 3.28. The molecular formula is C8H7ClF4N2. The van der Waals surface area contributed by atoms with Gasteiger partial charge in [-0.1, -0.05) is 11.6 Å². The van der Waals surface area contributed by atoms with Crippen LogP contribution < -0.4 is 11.1 Å². The lowest BCUT2D eigenvalue weighted by Gasteiger charge is -2.12. The summed E-state index contributed by atoms with van der Waals surface area (Å²) in [7, 11) is 0. The fourth-order valence-corrected chi connectivity index (χ4v) is 1.07. The number of rotatable bonds is 2. The predicted molar refractivity (Wildman–Crippen MR) is 50.4 cm³/mol. The van der Waals surface area contributed by atoms with E-state index in [1.807, 2.05) is 5.32 Å². The quantitative estimate of drug-likeness (QED) is 0.618. The number of nitrogens with one attached hydrogen (secondary N) is 1. The van der Waals surface area contributed by atoms with Crippen molar-refractivity contribution in [2.24, 2.45) is 0 Å². The first kappa shape index (κ1) is 11.9. The highest BCUT2D eigenvalue weighted by molar-refractivity contribution is 6.31. The zero-order valence-corrected chi connectivity index (χ0v) is 8.08. The summed E-state index contributed by atoms with van der Waals surface area (Å²) in [6.07, 6.45) is -4.37. The molecule has 0 heterocycles. The molecule has 0 atom stereocenters. The molecule has 0 spiro atoms. The van der Waals surface area contributed by atoms with E-state index < -0.39 is 18.5 Å². The van der Waals surface area contributed by atoms with Crippen molar-refractivity contribution in [2.75, 3.05) is 17.6 Å². The molecule has 0 fully saturated rings. The third-order valence-corrected chi connectivity index (χ3v) is 1.86. The van der Waals surface area contributed by atoms with Crippen molar-refractivity contribution in [3.8, 4) is 0 Å². The number of benzene rings is 1. The summed E-state index contributed by atoms with van der Waals surface area (Å²) in [5.74, 6) is -0.772. The Balaban J connectivity index is 2.82. The zero-order valence-electron chi connectivity index (χ0n) is 7.33. The molecule has 0 aliphatic carbocycles. The highest BCUT2D eigenvalue weighted by atomic mass is 35.5. The van der Waals surface area contributed by atoms with Crippen LogP contribution in [0, 0.1) is 5.82 Å². The van der Waals surface area contributed by atoms with Gasteiger partial charge < -0.3 is 11.1 Å².